The number of para-hydroxylation sites is 2. The average molecular weight is 430 g/mol. The molecule has 0 saturated carbocycles. The minimum absolute atomic E-state index is 0.110. The zero-order valence-corrected chi connectivity index (χ0v) is 18.1. The molecule has 3 heterocycles. The third-order valence-electron chi connectivity index (χ3n) is 4.80. The quantitative estimate of drug-likeness (QED) is 0.467. The Hall–Kier alpha value is -2.39. The maximum absolute atomic E-state index is 12.4. The number of nitrogens with one attached hydrogen (secondary N) is 1. The highest BCUT2D eigenvalue weighted by molar-refractivity contribution is 8.00. The largest absolute Gasteiger partial charge is 0.495 e. The Morgan fingerprint density at radius 3 is 3.07 bits per heavy atom. The van der Waals surface area contributed by atoms with Crippen LogP contribution in [0.4, 0.5) is 10.8 Å². The maximum Gasteiger partial charge on any atom is 0.234 e. The van der Waals surface area contributed by atoms with E-state index in [-0.39, 0.29) is 11.7 Å². The predicted molar refractivity (Wildman–Crippen MR) is 118 cm³/mol. The third kappa shape index (κ3) is 4.62. The standard InChI is InChI=1S/C20H23N5O2S2/c1-13-6-5-9-25(10-13)20-24-18-17(29-20)19(22-12-21-18)28-11-16(26)23-14-7-3-4-8-15(14)27-2/h3-4,7-8,12-13H,5-6,9-11H2,1-2H3,(H,23,26)/t13-/m1/s1. The second kappa shape index (κ2) is 8.96. The highest BCUT2D eigenvalue weighted by Gasteiger charge is 2.21. The van der Waals surface area contributed by atoms with Crippen molar-refractivity contribution in [1.82, 2.24) is 15.0 Å². The van der Waals surface area contributed by atoms with Crippen LogP contribution < -0.4 is 15.0 Å². The number of nitrogens with zero attached hydrogens (tertiary/aromatic N) is 4. The number of methoxy groups -OCH3 is 1. The minimum atomic E-state index is -0.110. The Kier molecular flexibility index (Phi) is 6.15. The first-order valence-electron chi connectivity index (χ1n) is 9.56. The average Bonchev–Trinajstić information content (AvgIpc) is 3.18. The van der Waals surface area contributed by atoms with E-state index in [1.165, 1.54) is 30.9 Å². The van der Waals surface area contributed by atoms with Crippen molar-refractivity contribution in [2.45, 2.75) is 24.8 Å². The van der Waals surface area contributed by atoms with E-state index in [9.17, 15) is 4.79 Å². The van der Waals surface area contributed by atoms with Gasteiger partial charge in [0.05, 0.1) is 18.6 Å². The summed E-state index contributed by atoms with van der Waals surface area (Å²) in [7, 11) is 1.59. The molecular formula is C20H23N5O2S2. The van der Waals surface area contributed by atoms with Crippen LogP contribution in [0.5, 0.6) is 5.75 Å². The van der Waals surface area contributed by atoms with Gasteiger partial charge in [0.1, 0.15) is 21.8 Å². The summed E-state index contributed by atoms with van der Waals surface area (Å²) < 4.78 is 6.22. The molecule has 3 aromatic rings. The van der Waals surface area contributed by atoms with Crippen LogP contribution in [0, 0.1) is 5.92 Å². The molecule has 1 amide bonds. The van der Waals surface area contributed by atoms with Gasteiger partial charge < -0.3 is 15.0 Å². The number of amides is 1. The zero-order valence-electron chi connectivity index (χ0n) is 16.4. The number of carbonyl (C=O) groups excluding carboxylic acids is 1. The number of thiazole rings is 1. The first kappa shape index (κ1) is 19.9. The number of benzene rings is 1. The van der Waals surface area contributed by atoms with Gasteiger partial charge in [-0.3, -0.25) is 4.79 Å². The summed E-state index contributed by atoms with van der Waals surface area (Å²) >= 11 is 3.01. The third-order valence-corrected chi connectivity index (χ3v) is 7.03. The number of fused-ring (bicyclic) bond motifs is 1. The highest BCUT2D eigenvalue weighted by Crippen LogP contribution is 2.35. The lowest BCUT2D eigenvalue weighted by Gasteiger charge is -2.30. The van der Waals surface area contributed by atoms with E-state index >= 15 is 0 Å². The number of ether oxygens (including phenoxy) is 1. The lowest BCUT2D eigenvalue weighted by molar-refractivity contribution is -0.113. The SMILES string of the molecule is COc1ccccc1NC(=O)CSc1ncnc2nc(N3CCC[C@@H](C)C3)sc12. The number of carbonyl (C=O) groups is 1. The number of hydrogen-bond acceptors (Lipinski definition) is 8. The summed E-state index contributed by atoms with van der Waals surface area (Å²) in [5, 5.41) is 4.68. The monoisotopic (exact) mass is 429 g/mol. The summed E-state index contributed by atoms with van der Waals surface area (Å²) in [5.41, 5.74) is 1.36. The van der Waals surface area contributed by atoms with Crippen LogP contribution in [0.15, 0.2) is 35.6 Å². The second-order valence-electron chi connectivity index (χ2n) is 7.06. The Labute approximate surface area is 177 Å². The molecule has 4 rings (SSSR count). The molecular weight excluding hydrogens is 406 g/mol. The van der Waals surface area contributed by atoms with Crippen molar-refractivity contribution in [3.8, 4) is 5.75 Å². The fourth-order valence-corrected chi connectivity index (χ4v) is 5.32. The summed E-state index contributed by atoms with van der Waals surface area (Å²) in [6, 6.07) is 7.36. The first-order chi connectivity index (χ1) is 14.1. The first-order valence-corrected chi connectivity index (χ1v) is 11.4. The van der Waals surface area contributed by atoms with Crippen molar-refractivity contribution in [3.63, 3.8) is 0 Å². The number of rotatable bonds is 6. The Balaban J connectivity index is 1.46. The van der Waals surface area contributed by atoms with Crippen molar-refractivity contribution in [1.29, 1.82) is 0 Å². The summed E-state index contributed by atoms with van der Waals surface area (Å²) in [6.45, 7) is 4.33. The van der Waals surface area contributed by atoms with Crippen LogP contribution in [-0.4, -0.2) is 46.8 Å². The van der Waals surface area contributed by atoms with Crippen LogP contribution in [0.2, 0.25) is 0 Å². The van der Waals surface area contributed by atoms with E-state index in [2.05, 4.69) is 27.1 Å². The summed E-state index contributed by atoms with van der Waals surface area (Å²) in [4.78, 5) is 28.2. The van der Waals surface area contributed by atoms with Gasteiger partial charge in [-0.15, -0.1) is 0 Å². The van der Waals surface area contributed by atoms with Gasteiger partial charge in [-0.25, -0.2) is 9.97 Å². The molecule has 0 radical (unpaired) electrons. The maximum atomic E-state index is 12.4. The molecule has 1 atom stereocenters. The molecule has 29 heavy (non-hydrogen) atoms. The van der Waals surface area contributed by atoms with Gasteiger partial charge in [0, 0.05) is 13.1 Å². The van der Waals surface area contributed by atoms with Crippen molar-refractivity contribution in [3.05, 3.63) is 30.6 Å². The predicted octanol–water partition coefficient (Wildman–Crippen LogP) is 4.06. The Bertz CT molecular complexity index is 1010. The second-order valence-corrected chi connectivity index (χ2v) is 9.00. The molecule has 1 fully saturated rings. The fraction of sp³-hybridized carbons (Fsp3) is 0.400. The molecule has 1 aromatic carbocycles. The van der Waals surface area contributed by atoms with E-state index in [1.54, 1.807) is 18.4 Å². The van der Waals surface area contributed by atoms with Crippen LogP contribution in [-0.2, 0) is 4.79 Å². The van der Waals surface area contributed by atoms with Crippen LogP contribution in [0.1, 0.15) is 19.8 Å². The molecule has 152 valence electrons. The van der Waals surface area contributed by atoms with Crippen molar-refractivity contribution >= 4 is 50.2 Å². The number of hydrogen-bond donors (Lipinski definition) is 1. The molecule has 7 nitrogen and oxygen atoms in total. The molecule has 2 aromatic heterocycles. The topological polar surface area (TPSA) is 80.2 Å². The molecule has 0 bridgehead atoms. The van der Waals surface area contributed by atoms with Crippen molar-refractivity contribution in [2.75, 3.05) is 36.2 Å². The highest BCUT2D eigenvalue weighted by atomic mass is 32.2. The minimum Gasteiger partial charge on any atom is -0.495 e. The summed E-state index contributed by atoms with van der Waals surface area (Å²) in [5.74, 6) is 1.45. The molecule has 1 saturated heterocycles. The van der Waals surface area contributed by atoms with Crippen LogP contribution in [0.25, 0.3) is 10.3 Å². The van der Waals surface area contributed by atoms with E-state index in [0.717, 1.165) is 27.9 Å². The van der Waals surface area contributed by atoms with Gasteiger partial charge >= 0.3 is 0 Å². The lowest BCUT2D eigenvalue weighted by Crippen LogP contribution is -2.34. The van der Waals surface area contributed by atoms with Crippen molar-refractivity contribution in [2.24, 2.45) is 5.92 Å². The normalized spacial score (nSPS) is 16.8. The van der Waals surface area contributed by atoms with Crippen molar-refractivity contribution < 1.29 is 9.53 Å². The lowest BCUT2D eigenvalue weighted by atomic mass is 10.0. The van der Waals surface area contributed by atoms with Crippen LogP contribution in [0.3, 0.4) is 0 Å². The number of piperidine rings is 1. The van der Waals surface area contributed by atoms with Gasteiger partial charge in [0.15, 0.2) is 10.8 Å². The molecule has 0 unspecified atom stereocenters. The molecule has 0 aliphatic carbocycles. The zero-order chi connectivity index (χ0) is 20.2. The van der Waals surface area contributed by atoms with Gasteiger partial charge in [-0.1, -0.05) is 42.2 Å². The van der Waals surface area contributed by atoms with Gasteiger partial charge in [0.2, 0.25) is 5.91 Å². The fourth-order valence-electron chi connectivity index (χ4n) is 3.39. The number of anilines is 2. The number of thioether (sulfide) groups is 1. The van der Waals surface area contributed by atoms with E-state index in [1.807, 2.05) is 24.3 Å². The van der Waals surface area contributed by atoms with Gasteiger partial charge in [-0.05, 0) is 30.9 Å². The smallest absolute Gasteiger partial charge is 0.234 e. The Morgan fingerprint density at radius 1 is 1.38 bits per heavy atom. The molecule has 1 aliphatic rings. The van der Waals surface area contributed by atoms with Gasteiger partial charge in [0.25, 0.3) is 0 Å². The van der Waals surface area contributed by atoms with Crippen LogP contribution >= 0.6 is 23.1 Å². The molecule has 1 N–H and O–H groups in total. The number of aromatic nitrogens is 3. The molecule has 1 aliphatic heterocycles. The Morgan fingerprint density at radius 2 is 2.24 bits per heavy atom. The molecule has 9 heteroatoms. The summed E-state index contributed by atoms with van der Waals surface area (Å²) in [6.07, 6.45) is 3.97. The molecule has 0 spiro atoms. The van der Waals surface area contributed by atoms with E-state index in [0.29, 0.717) is 23.0 Å². The van der Waals surface area contributed by atoms with Gasteiger partial charge in [-0.2, -0.15) is 4.98 Å². The van der Waals surface area contributed by atoms with E-state index < -0.39 is 0 Å². The van der Waals surface area contributed by atoms with E-state index in [4.69, 9.17) is 9.72 Å².